The van der Waals surface area contributed by atoms with Crippen LogP contribution in [0, 0.1) is 27.7 Å². The highest BCUT2D eigenvalue weighted by Gasteiger charge is 2.53. The molecule has 9 heterocycles. The minimum atomic E-state index is -1.12. The molecule has 15 rings (SSSR count). The van der Waals surface area contributed by atoms with Gasteiger partial charge in [-0.15, -0.1) is 0 Å². The molecule has 2 spiro atoms. The monoisotopic (exact) mass is 1420 g/mol. The number of rotatable bonds is 9. The molecular weight excluding hydrogens is 1320 g/mol. The number of hydrogen-bond acceptors (Lipinski definition) is 15. The lowest BCUT2D eigenvalue weighted by atomic mass is 9.80. The van der Waals surface area contributed by atoms with Crippen LogP contribution in [0.2, 0.25) is 0 Å². The first kappa shape index (κ1) is 76.7. The number of aryl methyl sites for hydroxylation is 4. The average molecular weight is 1420 g/mol. The molecule has 546 valence electrons. The van der Waals surface area contributed by atoms with Crippen LogP contribution in [0.5, 0.6) is 0 Å². The maximum atomic E-state index is 13.4. The number of likely N-dealkylation sites (tertiary alicyclic amines) is 3. The summed E-state index contributed by atoms with van der Waals surface area (Å²) in [6.07, 6.45) is 11.4. The molecule has 4 aromatic carbocycles. The van der Waals surface area contributed by atoms with Gasteiger partial charge in [0, 0.05) is 122 Å². The van der Waals surface area contributed by atoms with Crippen LogP contribution in [0.3, 0.4) is 0 Å². The Kier molecular flexibility index (Phi) is 24.3. The Morgan fingerprint density at radius 3 is 1.45 bits per heavy atom. The Hall–Kier alpha value is -10.9. The number of pyridine rings is 4. The van der Waals surface area contributed by atoms with Gasteiger partial charge < -0.3 is 52.0 Å². The van der Waals surface area contributed by atoms with Crippen molar-refractivity contribution in [3.05, 3.63) is 248 Å². The zero-order valence-electron chi connectivity index (χ0n) is 61.4. The first-order valence-electron chi connectivity index (χ1n) is 36.0. The predicted molar refractivity (Wildman–Crippen MR) is 395 cm³/mol. The first-order chi connectivity index (χ1) is 50.3. The largest absolute Gasteiger partial charge is 0.545 e. The van der Waals surface area contributed by atoms with Gasteiger partial charge in [-0.3, -0.25) is 38.7 Å². The van der Waals surface area contributed by atoms with E-state index in [1.165, 1.54) is 51.1 Å². The van der Waals surface area contributed by atoms with Gasteiger partial charge in [0.05, 0.1) is 28.4 Å². The molecule has 22 heteroatoms. The number of amides is 6. The lowest BCUT2D eigenvalue weighted by Crippen LogP contribution is -2.72. The molecule has 0 radical (unpaired) electrons. The van der Waals surface area contributed by atoms with Gasteiger partial charge in [-0.2, -0.15) is 9.59 Å². The number of nitrogens with one attached hydrogen (secondary N) is 3. The van der Waals surface area contributed by atoms with E-state index in [9.17, 15) is 38.7 Å². The van der Waals surface area contributed by atoms with Gasteiger partial charge in [0.15, 0.2) is 6.04 Å². The Morgan fingerprint density at radius 2 is 0.971 bits per heavy atom. The van der Waals surface area contributed by atoms with Crippen LogP contribution < -0.4 is 32.5 Å². The number of carbonyl (C=O) groups excluding carboxylic acids is 9. The third-order valence-corrected chi connectivity index (χ3v) is 22.2. The number of carboxylic acid groups (broad SMARTS) is 1. The van der Waals surface area contributed by atoms with Crippen LogP contribution >= 0.6 is 0 Å². The number of benzene rings is 4. The number of aromatic nitrogens is 4. The number of anilines is 2. The fourth-order valence-electron chi connectivity index (χ4n) is 16.5. The SMILES string of the molecule is CCN1C(=O)[C@@H](N)C[C@@H](c2ccccc2C)[C@H]1C.CCN1C(=O)[C@@H](NC(=O)c2cnc3c(c2)C[C@@]2(C3)C(=O)Nc3ncccc32)C[C@@H](c2ccccc2C)[C@H]1C.CCN1C(=O)[C@@H]([NH3+])C[C@@H](c2ccccc2C)[C@H]1C.Cc1ccc(C(=O)[O-])cc1.O=C1Nc2ncccc2[C@@]12Cc1cccnc1C2.O=C=O. The summed E-state index contributed by atoms with van der Waals surface area (Å²) in [5.74, 6) is 0.923. The smallest absolute Gasteiger partial charge is 0.373 e. The number of hydrogen-bond donors (Lipinski definition) is 5. The van der Waals surface area contributed by atoms with E-state index in [0.29, 0.717) is 61.3 Å². The number of carbonyl (C=O) groups is 7. The number of nitrogens with zero attached hydrogens (tertiary/aromatic N) is 7. The van der Waals surface area contributed by atoms with Crippen LogP contribution in [0.15, 0.2) is 164 Å². The molecule has 0 saturated carbocycles. The third-order valence-electron chi connectivity index (χ3n) is 22.2. The van der Waals surface area contributed by atoms with Crippen molar-refractivity contribution in [3.8, 4) is 0 Å². The van der Waals surface area contributed by atoms with Gasteiger partial charge in [-0.25, -0.2) is 9.97 Å². The van der Waals surface area contributed by atoms with Crippen molar-refractivity contribution < 1.29 is 54.0 Å². The maximum Gasteiger partial charge on any atom is 0.373 e. The summed E-state index contributed by atoms with van der Waals surface area (Å²) in [5, 5.41) is 19.0. The molecule has 0 bridgehead atoms. The maximum absolute atomic E-state index is 13.4. The molecule has 8 N–H and O–H groups in total. The second-order valence-corrected chi connectivity index (χ2v) is 28.3. The Balaban J connectivity index is 0.000000150. The molecule has 5 aliphatic heterocycles. The van der Waals surface area contributed by atoms with Crippen LogP contribution in [0.4, 0.5) is 11.6 Å². The van der Waals surface area contributed by atoms with E-state index in [4.69, 9.17) is 15.3 Å². The number of fused-ring (bicyclic) bond motifs is 6. The summed E-state index contributed by atoms with van der Waals surface area (Å²) in [7, 11) is 0. The highest BCUT2D eigenvalue weighted by molar-refractivity contribution is 6.07. The van der Waals surface area contributed by atoms with Gasteiger partial charge in [-0.1, -0.05) is 121 Å². The van der Waals surface area contributed by atoms with Crippen molar-refractivity contribution in [1.82, 2.24) is 40.0 Å². The highest BCUT2D eigenvalue weighted by atomic mass is 16.4. The minimum Gasteiger partial charge on any atom is -0.545 e. The topological polar surface area (TPSA) is 328 Å². The minimum absolute atomic E-state index is 0.0366. The molecule has 22 nitrogen and oxygen atoms in total. The number of carboxylic acids is 1. The summed E-state index contributed by atoms with van der Waals surface area (Å²) >= 11 is 0. The van der Waals surface area contributed by atoms with Gasteiger partial charge >= 0.3 is 6.15 Å². The van der Waals surface area contributed by atoms with Crippen molar-refractivity contribution >= 4 is 59.2 Å². The van der Waals surface area contributed by atoms with Crippen LogP contribution in [0.25, 0.3) is 0 Å². The molecule has 8 aromatic rings. The van der Waals surface area contributed by atoms with E-state index < -0.39 is 22.8 Å². The quantitative estimate of drug-likeness (QED) is 0.0916. The molecule has 0 unspecified atom stereocenters. The predicted octanol–water partition coefficient (Wildman–Crippen LogP) is 7.91. The lowest BCUT2D eigenvalue weighted by Gasteiger charge is -2.43. The molecule has 3 saturated heterocycles. The van der Waals surface area contributed by atoms with Crippen molar-refractivity contribution in [1.29, 1.82) is 0 Å². The Bertz CT molecular complexity index is 4470. The van der Waals surface area contributed by atoms with E-state index in [1.54, 1.807) is 36.9 Å². The summed E-state index contributed by atoms with van der Waals surface area (Å²) in [6, 6.07) is 44.6. The first-order valence-corrected chi connectivity index (χ1v) is 36.0. The summed E-state index contributed by atoms with van der Waals surface area (Å²) in [6.45, 7) is 22.7. The molecule has 6 amide bonds. The van der Waals surface area contributed by atoms with Crippen LogP contribution in [0.1, 0.15) is 172 Å². The van der Waals surface area contributed by atoms with Crippen molar-refractivity contribution in [2.24, 2.45) is 5.73 Å². The third kappa shape index (κ3) is 15.9. The molecule has 7 aliphatic rings. The number of likely N-dealkylation sites (N-methyl/N-ethyl adjacent to an activating group) is 3. The van der Waals surface area contributed by atoms with E-state index in [0.717, 1.165) is 66.0 Å². The van der Waals surface area contributed by atoms with Crippen molar-refractivity contribution in [2.75, 3.05) is 30.3 Å². The normalized spacial score (nSPS) is 24.2. The zero-order valence-corrected chi connectivity index (χ0v) is 61.4. The molecule has 11 atom stereocenters. The zero-order chi connectivity index (χ0) is 75.6. The fraction of sp³-hybridized carbons (Fsp3) is 0.373. The van der Waals surface area contributed by atoms with E-state index in [1.807, 2.05) is 90.9 Å². The van der Waals surface area contributed by atoms with Gasteiger partial charge in [-0.05, 0) is 169 Å². The summed E-state index contributed by atoms with van der Waals surface area (Å²) in [5.41, 5.74) is 23.9. The second-order valence-electron chi connectivity index (χ2n) is 28.3. The number of nitrogens with two attached hydrogens (primary N) is 1. The van der Waals surface area contributed by atoms with E-state index >= 15 is 0 Å². The van der Waals surface area contributed by atoms with Gasteiger partial charge in [0.1, 0.15) is 17.7 Å². The fourth-order valence-corrected chi connectivity index (χ4v) is 16.5. The standard InChI is InChI=1S/C30H31N5O3.2C15H22N2O.C14H11N3O.C8H8O2.CO2/c1-4-35-18(3)22(21-9-6-5-8-17(21)2)13-24(28(35)37)33-27(36)20-12-19-14-30(15-25(19)32-16-20)23-10-7-11-31-26(23)34-29(30)38;2*1-4-17-11(3)13(9-14(16)15(17)18)12-8-6-5-7-10(12)2;18-13-14(10-4-2-6-16-12(10)17-13)7-9-3-1-5-15-11(9)8-14;1-6-2-4-7(5-3-6)8(9)10;2-1-3/h5-12,16,18,22,24H,4,13-15H2,1-3H3,(H,33,36)(H,31,34,38);2*5-8,11,13-14H,4,9,16H2,1-3H3;1-6H,7-8H2,(H,16,17,18);2-5H,1H3,(H,9,10);/t18-,22-,24+,30+;2*11-,13-,14+;14-;;/m1110../s1. The summed E-state index contributed by atoms with van der Waals surface area (Å²) in [4.78, 5) is 126. The molecule has 3 fully saturated rings. The van der Waals surface area contributed by atoms with Crippen LogP contribution in [-0.4, -0.2) is 138 Å². The van der Waals surface area contributed by atoms with E-state index in [2.05, 4.69) is 150 Å². The summed E-state index contributed by atoms with van der Waals surface area (Å²) < 4.78 is 0. The van der Waals surface area contributed by atoms with Gasteiger partial charge in [0.25, 0.3) is 11.8 Å². The molecule has 2 aliphatic carbocycles. The second kappa shape index (κ2) is 33.2. The average Bonchev–Trinajstić information content (AvgIpc) is 1.58. The Labute approximate surface area is 613 Å². The lowest BCUT2D eigenvalue weighted by molar-refractivity contribution is -0.411. The van der Waals surface area contributed by atoms with Crippen LogP contribution in [-0.2, 0) is 70.1 Å². The molecule has 105 heavy (non-hydrogen) atoms. The number of quaternary nitrogens is 1. The van der Waals surface area contributed by atoms with Crippen molar-refractivity contribution in [3.63, 3.8) is 0 Å². The number of aromatic carboxylic acids is 1. The Morgan fingerprint density at radius 1 is 0.543 bits per heavy atom. The number of piperidine rings is 3. The van der Waals surface area contributed by atoms with Gasteiger partial charge in [0.2, 0.25) is 23.6 Å². The molecular formula is C83H94N12O10. The van der Waals surface area contributed by atoms with E-state index in [-0.39, 0.29) is 83.3 Å². The van der Waals surface area contributed by atoms with Crippen molar-refractivity contribution in [2.45, 2.75) is 179 Å². The highest BCUT2D eigenvalue weighted by Crippen LogP contribution is 2.48. The molecule has 4 aromatic heterocycles.